The van der Waals surface area contributed by atoms with Crippen LogP contribution in [0.5, 0.6) is 0 Å². The van der Waals surface area contributed by atoms with Crippen LogP contribution in [0.25, 0.3) is 91.4 Å². The molecule has 0 atom stereocenters. The van der Waals surface area contributed by atoms with Crippen molar-refractivity contribution in [1.82, 2.24) is 0 Å². The minimum atomic E-state index is 1.07. The number of rotatable bonds is 12. The maximum absolute atomic E-state index is 4.08. The summed E-state index contributed by atoms with van der Waals surface area (Å²) in [5.74, 6) is 0. The monoisotopic (exact) mass is 988 g/mol. The Balaban J connectivity index is 0.938. The Morgan fingerprint density at radius 1 is 0.382 bits per heavy atom. The van der Waals surface area contributed by atoms with Crippen molar-refractivity contribution < 1.29 is 0 Å². The summed E-state index contributed by atoms with van der Waals surface area (Å²) in [6.45, 7) is 6.11. The summed E-state index contributed by atoms with van der Waals surface area (Å²) in [7, 11) is 0. The molecular weight excluding hydrogens is 937 g/mol. The summed E-state index contributed by atoms with van der Waals surface area (Å²) >= 11 is 1.87. The van der Waals surface area contributed by atoms with Crippen molar-refractivity contribution in [3.05, 3.63) is 297 Å². The molecule has 360 valence electrons. The first kappa shape index (κ1) is 46.3. The number of hydrogen-bond donors (Lipinski definition) is 0. The van der Waals surface area contributed by atoms with Crippen molar-refractivity contribution in [3.8, 4) is 33.4 Å². The van der Waals surface area contributed by atoms with E-state index in [1.165, 1.54) is 63.6 Å². The van der Waals surface area contributed by atoms with Crippen LogP contribution in [0.2, 0.25) is 0 Å². The normalized spacial score (nSPS) is 11.8. The van der Waals surface area contributed by atoms with E-state index >= 15 is 0 Å². The van der Waals surface area contributed by atoms with Crippen LogP contribution in [0.3, 0.4) is 0 Å². The number of allylic oxidation sites excluding steroid dienone is 5. The van der Waals surface area contributed by atoms with Crippen LogP contribution in [-0.4, -0.2) is 0 Å². The number of nitrogens with zero attached hydrogens (tertiary/aromatic N) is 2. The smallest absolute Gasteiger partial charge is 0.0540 e. The maximum Gasteiger partial charge on any atom is 0.0540 e. The van der Waals surface area contributed by atoms with E-state index in [9.17, 15) is 0 Å². The number of fused-ring (bicyclic) bond motifs is 6. The average molecular weight is 989 g/mol. The standard InChI is InChI=1S/C73H52N2S/c1-3-5-19-50(4-2)51-38-40-52(41-39-51)55-24-14-27-61(47-55)75(70-35-17-23-54-21-7-9-29-64(54)70)69-33-12-10-30-65(69)58-25-15-26-60(49-58)74(68-34-16-22-53-20-6-8-28-63(53)68)62-45-44-56-46-59(43-42-57(56)48-62)66-32-18-37-72-73(66)67-31-11-13-36-71(67)76-72/h3-49H,2H2,1H3/b5-3-,50-19+. The molecule has 1 heterocycles. The Morgan fingerprint density at radius 3 is 1.67 bits per heavy atom. The highest BCUT2D eigenvalue weighted by atomic mass is 32.1. The molecule has 0 spiro atoms. The Labute approximate surface area is 448 Å². The van der Waals surface area contributed by atoms with E-state index in [2.05, 4.69) is 289 Å². The van der Waals surface area contributed by atoms with E-state index in [0.717, 1.165) is 67.5 Å². The zero-order valence-corrected chi connectivity index (χ0v) is 43.0. The quantitative estimate of drug-likeness (QED) is 0.113. The summed E-state index contributed by atoms with van der Waals surface area (Å²) < 4.78 is 2.63. The molecule has 0 amide bonds. The lowest BCUT2D eigenvalue weighted by atomic mass is 9.96. The molecule has 0 radical (unpaired) electrons. The molecule has 0 N–H and O–H groups in total. The van der Waals surface area contributed by atoms with E-state index in [0.29, 0.717) is 0 Å². The fraction of sp³-hybridized carbons (Fsp3) is 0.0137. The van der Waals surface area contributed by atoms with Crippen LogP contribution in [0.15, 0.2) is 292 Å². The second kappa shape index (κ2) is 20.1. The van der Waals surface area contributed by atoms with Crippen molar-refractivity contribution >= 4 is 104 Å². The second-order valence-electron chi connectivity index (χ2n) is 19.2. The van der Waals surface area contributed by atoms with Gasteiger partial charge in [0.15, 0.2) is 0 Å². The van der Waals surface area contributed by atoms with Crippen molar-refractivity contribution in [2.24, 2.45) is 0 Å². The van der Waals surface area contributed by atoms with Crippen molar-refractivity contribution in [3.63, 3.8) is 0 Å². The van der Waals surface area contributed by atoms with Gasteiger partial charge in [-0.25, -0.2) is 0 Å². The van der Waals surface area contributed by atoms with Gasteiger partial charge in [-0.2, -0.15) is 0 Å². The number of thiophene rings is 1. The Morgan fingerprint density at radius 2 is 0.908 bits per heavy atom. The lowest BCUT2D eigenvalue weighted by Crippen LogP contribution is -2.12. The molecule has 3 heteroatoms. The summed E-state index contributed by atoms with van der Waals surface area (Å²) in [5.41, 5.74) is 15.8. The molecule has 0 saturated carbocycles. The van der Waals surface area contributed by atoms with Crippen LogP contribution in [0.1, 0.15) is 12.5 Å². The van der Waals surface area contributed by atoms with E-state index in [4.69, 9.17) is 0 Å². The van der Waals surface area contributed by atoms with Gasteiger partial charge in [0.1, 0.15) is 0 Å². The molecule has 0 aliphatic heterocycles. The van der Waals surface area contributed by atoms with E-state index in [-0.39, 0.29) is 0 Å². The van der Waals surface area contributed by atoms with Gasteiger partial charge in [0.05, 0.1) is 17.1 Å². The minimum absolute atomic E-state index is 1.07. The van der Waals surface area contributed by atoms with Crippen molar-refractivity contribution in [2.75, 3.05) is 9.80 Å². The Bertz CT molecular complexity index is 4390. The average Bonchev–Trinajstić information content (AvgIpc) is 3.90. The molecule has 0 saturated heterocycles. The molecule has 0 fully saturated rings. The molecule has 0 unspecified atom stereocenters. The third kappa shape index (κ3) is 8.53. The predicted molar refractivity (Wildman–Crippen MR) is 331 cm³/mol. The molecule has 2 nitrogen and oxygen atoms in total. The van der Waals surface area contributed by atoms with Crippen LogP contribution >= 0.6 is 11.3 Å². The Kier molecular flexibility index (Phi) is 12.2. The summed E-state index contributed by atoms with van der Waals surface area (Å²) in [6.07, 6.45) is 8.11. The molecule has 13 rings (SSSR count). The molecule has 0 aliphatic rings. The van der Waals surface area contributed by atoms with Crippen molar-refractivity contribution in [2.45, 2.75) is 6.92 Å². The molecule has 12 aromatic carbocycles. The zero-order chi connectivity index (χ0) is 51.0. The number of anilines is 6. The third-order valence-corrected chi connectivity index (χ3v) is 15.9. The largest absolute Gasteiger partial charge is 0.310 e. The van der Waals surface area contributed by atoms with Gasteiger partial charge >= 0.3 is 0 Å². The maximum atomic E-state index is 4.08. The lowest BCUT2D eigenvalue weighted by molar-refractivity contribution is 1.29. The van der Waals surface area contributed by atoms with Crippen LogP contribution in [0.4, 0.5) is 34.1 Å². The first-order chi connectivity index (χ1) is 37.6. The first-order valence-corrected chi connectivity index (χ1v) is 26.8. The van der Waals surface area contributed by atoms with Gasteiger partial charge in [0, 0.05) is 53.6 Å². The molecule has 1 aromatic heterocycles. The molecular formula is C73H52N2S. The highest BCUT2D eigenvalue weighted by Crippen LogP contribution is 2.47. The fourth-order valence-corrected chi connectivity index (χ4v) is 12.2. The predicted octanol–water partition coefficient (Wildman–Crippen LogP) is 21.6. The lowest BCUT2D eigenvalue weighted by Gasteiger charge is -2.30. The molecule has 0 bridgehead atoms. The third-order valence-electron chi connectivity index (χ3n) is 14.7. The van der Waals surface area contributed by atoms with Gasteiger partial charge in [-0.15, -0.1) is 11.3 Å². The molecule has 0 aliphatic carbocycles. The van der Waals surface area contributed by atoms with E-state index < -0.39 is 0 Å². The SMILES string of the molecule is C=C/C(=C\C=C/C)c1ccc(-c2cccc(N(c3ccccc3-c3cccc(N(c4ccc5cc(-c6cccc7sc8ccccc8c67)ccc5c4)c4cccc5ccccc45)c3)c3cccc4ccccc34)c2)cc1. The van der Waals surface area contributed by atoms with Gasteiger partial charge < -0.3 is 9.80 Å². The minimum Gasteiger partial charge on any atom is -0.310 e. The highest BCUT2D eigenvalue weighted by Gasteiger charge is 2.22. The van der Waals surface area contributed by atoms with Gasteiger partial charge in [-0.1, -0.05) is 219 Å². The topological polar surface area (TPSA) is 6.48 Å². The van der Waals surface area contributed by atoms with Crippen molar-refractivity contribution in [1.29, 1.82) is 0 Å². The van der Waals surface area contributed by atoms with E-state index in [1.54, 1.807) is 0 Å². The van der Waals surface area contributed by atoms with Crippen LogP contribution in [-0.2, 0) is 0 Å². The number of hydrogen-bond acceptors (Lipinski definition) is 3. The van der Waals surface area contributed by atoms with Crippen LogP contribution < -0.4 is 9.80 Å². The van der Waals surface area contributed by atoms with Crippen LogP contribution in [0, 0.1) is 0 Å². The van der Waals surface area contributed by atoms with Gasteiger partial charge in [-0.3, -0.25) is 0 Å². The van der Waals surface area contributed by atoms with Gasteiger partial charge in [0.2, 0.25) is 0 Å². The first-order valence-electron chi connectivity index (χ1n) is 26.0. The van der Waals surface area contributed by atoms with Gasteiger partial charge in [-0.05, 0) is 140 Å². The fourth-order valence-electron chi connectivity index (χ4n) is 11.1. The molecule has 13 aromatic rings. The van der Waals surface area contributed by atoms with Gasteiger partial charge in [0.25, 0.3) is 0 Å². The van der Waals surface area contributed by atoms with E-state index in [1.807, 2.05) is 30.4 Å². The summed E-state index contributed by atoms with van der Waals surface area (Å²) in [5, 5.41) is 9.77. The summed E-state index contributed by atoms with van der Waals surface area (Å²) in [6, 6.07) is 95.7. The molecule has 76 heavy (non-hydrogen) atoms. The number of para-hydroxylation sites is 1. The zero-order valence-electron chi connectivity index (χ0n) is 42.1. The summed E-state index contributed by atoms with van der Waals surface area (Å²) in [4.78, 5) is 4.88. The number of benzene rings is 12. The second-order valence-corrected chi connectivity index (χ2v) is 20.3. The highest BCUT2D eigenvalue weighted by molar-refractivity contribution is 7.25. The Hall–Kier alpha value is -9.54.